The Labute approximate surface area is 151 Å². The maximum absolute atomic E-state index is 13.6. The third-order valence-electron chi connectivity index (χ3n) is 3.74. The minimum Gasteiger partial charge on any atom is -0.378 e. The molecule has 1 aliphatic heterocycles. The minimum absolute atomic E-state index is 0.0900. The van der Waals surface area contributed by atoms with Crippen LogP contribution in [0.1, 0.15) is 10.4 Å². The van der Waals surface area contributed by atoms with E-state index in [0.717, 1.165) is 17.8 Å². The minimum atomic E-state index is -0.702. The molecular weight excluding hydrogens is 429 g/mol. The van der Waals surface area contributed by atoms with Gasteiger partial charge in [-0.25, -0.2) is 8.78 Å². The van der Waals surface area contributed by atoms with E-state index in [9.17, 15) is 13.6 Å². The van der Waals surface area contributed by atoms with Gasteiger partial charge in [-0.05, 0) is 46.9 Å². The number of hydrogen-bond donors (Lipinski definition) is 1. The third kappa shape index (κ3) is 3.67. The first-order valence-corrected chi connectivity index (χ1v) is 8.52. The van der Waals surface area contributed by atoms with Gasteiger partial charge in [-0.3, -0.25) is 4.79 Å². The standard InChI is InChI=1S/C17H15F2IN2O2/c18-13-9-11(10-14(19)16(13)20)21-17(23)12-3-1-2-4-15(12)22-5-7-24-8-6-22/h1-4,9-10H,5-8H2,(H,21,23). The molecule has 0 saturated carbocycles. The Morgan fingerprint density at radius 2 is 1.75 bits per heavy atom. The molecule has 1 aliphatic rings. The van der Waals surface area contributed by atoms with Gasteiger partial charge in [0.05, 0.1) is 22.3 Å². The number of benzene rings is 2. The molecule has 7 heteroatoms. The van der Waals surface area contributed by atoms with Crippen molar-refractivity contribution in [3.05, 3.63) is 57.2 Å². The molecule has 1 N–H and O–H groups in total. The summed E-state index contributed by atoms with van der Waals surface area (Å²) in [5.41, 5.74) is 1.33. The van der Waals surface area contributed by atoms with Gasteiger partial charge in [-0.2, -0.15) is 0 Å². The van der Waals surface area contributed by atoms with Crippen LogP contribution in [0.25, 0.3) is 0 Å². The Morgan fingerprint density at radius 1 is 1.12 bits per heavy atom. The molecule has 24 heavy (non-hydrogen) atoms. The summed E-state index contributed by atoms with van der Waals surface area (Å²) in [4.78, 5) is 14.6. The number of amides is 1. The van der Waals surface area contributed by atoms with Crippen LogP contribution in [0.15, 0.2) is 36.4 Å². The number of para-hydroxylation sites is 1. The highest BCUT2D eigenvalue weighted by Gasteiger charge is 2.19. The highest BCUT2D eigenvalue weighted by molar-refractivity contribution is 14.1. The van der Waals surface area contributed by atoms with Gasteiger partial charge in [0.2, 0.25) is 0 Å². The van der Waals surface area contributed by atoms with Gasteiger partial charge in [0, 0.05) is 24.5 Å². The largest absolute Gasteiger partial charge is 0.378 e. The fraction of sp³-hybridized carbons (Fsp3) is 0.235. The Bertz CT molecular complexity index is 741. The van der Waals surface area contributed by atoms with Crippen molar-refractivity contribution in [2.24, 2.45) is 0 Å². The van der Waals surface area contributed by atoms with Gasteiger partial charge in [0.1, 0.15) is 11.6 Å². The summed E-state index contributed by atoms with van der Waals surface area (Å²) in [5.74, 6) is -1.81. The van der Waals surface area contributed by atoms with Crippen molar-refractivity contribution in [2.75, 3.05) is 36.5 Å². The molecule has 1 amide bonds. The molecule has 0 aliphatic carbocycles. The van der Waals surface area contributed by atoms with Crippen LogP contribution in [-0.4, -0.2) is 32.2 Å². The van der Waals surface area contributed by atoms with Crippen LogP contribution < -0.4 is 10.2 Å². The number of ether oxygens (including phenoxy) is 1. The van der Waals surface area contributed by atoms with E-state index in [-0.39, 0.29) is 9.26 Å². The number of carbonyl (C=O) groups is 1. The van der Waals surface area contributed by atoms with Crippen LogP contribution >= 0.6 is 22.6 Å². The van der Waals surface area contributed by atoms with Crippen LogP contribution in [0.3, 0.4) is 0 Å². The van der Waals surface area contributed by atoms with E-state index < -0.39 is 17.5 Å². The predicted molar refractivity (Wildman–Crippen MR) is 96.5 cm³/mol. The molecule has 126 valence electrons. The molecule has 2 aromatic carbocycles. The van der Waals surface area contributed by atoms with Crippen LogP contribution in [0.5, 0.6) is 0 Å². The van der Waals surface area contributed by atoms with E-state index in [4.69, 9.17) is 4.74 Å². The monoisotopic (exact) mass is 444 g/mol. The number of anilines is 2. The SMILES string of the molecule is O=C(Nc1cc(F)c(I)c(F)c1)c1ccccc1N1CCOCC1. The number of rotatable bonds is 3. The van der Waals surface area contributed by atoms with Gasteiger partial charge < -0.3 is 15.0 Å². The average Bonchev–Trinajstić information content (AvgIpc) is 2.60. The van der Waals surface area contributed by atoms with Crippen molar-refractivity contribution in [3.8, 4) is 0 Å². The number of morpholine rings is 1. The van der Waals surface area contributed by atoms with Crippen molar-refractivity contribution in [1.29, 1.82) is 0 Å². The molecule has 1 fully saturated rings. The van der Waals surface area contributed by atoms with E-state index in [0.29, 0.717) is 31.9 Å². The van der Waals surface area contributed by atoms with Crippen molar-refractivity contribution in [3.63, 3.8) is 0 Å². The average molecular weight is 444 g/mol. The summed E-state index contributed by atoms with van der Waals surface area (Å²) < 4.78 is 32.5. The van der Waals surface area contributed by atoms with Gasteiger partial charge in [0.25, 0.3) is 5.91 Å². The van der Waals surface area contributed by atoms with Crippen molar-refractivity contribution >= 4 is 39.9 Å². The Hall–Kier alpha value is -1.74. The second kappa shape index (κ2) is 7.43. The zero-order valence-corrected chi connectivity index (χ0v) is 14.8. The summed E-state index contributed by atoms with van der Waals surface area (Å²) in [6.07, 6.45) is 0. The molecule has 1 saturated heterocycles. The molecule has 0 unspecified atom stereocenters. The Balaban J connectivity index is 1.85. The van der Waals surface area contributed by atoms with E-state index >= 15 is 0 Å². The first kappa shape index (κ1) is 17.1. The second-order valence-electron chi connectivity index (χ2n) is 5.32. The number of halogens is 3. The van der Waals surface area contributed by atoms with Crippen LogP contribution in [0, 0.1) is 15.2 Å². The molecule has 4 nitrogen and oxygen atoms in total. The quantitative estimate of drug-likeness (QED) is 0.581. The Morgan fingerprint density at radius 3 is 2.42 bits per heavy atom. The smallest absolute Gasteiger partial charge is 0.257 e. The lowest BCUT2D eigenvalue weighted by molar-refractivity contribution is 0.102. The zero-order chi connectivity index (χ0) is 17.1. The van der Waals surface area contributed by atoms with Gasteiger partial charge >= 0.3 is 0 Å². The fourth-order valence-corrected chi connectivity index (χ4v) is 2.88. The number of hydrogen-bond acceptors (Lipinski definition) is 3. The third-order valence-corrected chi connectivity index (χ3v) is 4.77. The molecule has 3 rings (SSSR count). The van der Waals surface area contributed by atoms with E-state index in [2.05, 4.69) is 10.2 Å². The van der Waals surface area contributed by atoms with Crippen LogP contribution in [-0.2, 0) is 4.74 Å². The van der Waals surface area contributed by atoms with Crippen molar-refractivity contribution in [2.45, 2.75) is 0 Å². The Kier molecular flexibility index (Phi) is 5.30. The lowest BCUT2D eigenvalue weighted by atomic mass is 10.1. The molecule has 0 aromatic heterocycles. The summed E-state index contributed by atoms with van der Waals surface area (Å²) >= 11 is 1.58. The maximum atomic E-state index is 13.6. The van der Waals surface area contributed by atoms with E-state index in [1.54, 1.807) is 34.7 Å². The number of nitrogens with zero attached hydrogens (tertiary/aromatic N) is 1. The summed E-state index contributed by atoms with van der Waals surface area (Å²) in [7, 11) is 0. The molecule has 1 heterocycles. The van der Waals surface area contributed by atoms with E-state index in [1.807, 2.05) is 12.1 Å². The van der Waals surface area contributed by atoms with E-state index in [1.165, 1.54) is 0 Å². The van der Waals surface area contributed by atoms with Crippen LogP contribution in [0.2, 0.25) is 0 Å². The molecular formula is C17H15F2IN2O2. The van der Waals surface area contributed by atoms with Gasteiger partial charge in [0.15, 0.2) is 0 Å². The first-order chi connectivity index (χ1) is 11.6. The molecule has 0 atom stereocenters. The lowest BCUT2D eigenvalue weighted by Crippen LogP contribution is -2.37. The number of nitrogens with one attached hydrogen (secondary N) is 1. The maximum Gasteiger partial charge on any atom is 0.257 e. The normalized spacial score (nSPS) is 14.5. The number of carbonyl (C=O) groups excluding carboxylic acids is 1. The van der Waals surface area contributed by atoms with Crippen LogP contribution in [0.4, 0.5) is 20.2 Å². The topological polar surface area (TPSA) is 41.6 Å². The second-order valence-corrected chi connectivity index (χ2v) is 6.40. The highest BCUT2D eigenvalue weighted by atomic mass is 127. The first-order valence-electron chi connectivity index (χ1n) is 7.44. The van der Waals surface area contributed by atoms with Gasteiger partial charge in [-0.1, -0.05) is 12.1 Å². The zero-order valence-electron chi connectivity index (χ0n) is 12.7. The molecule has 2 aromatic rings. The molecule has 0 spiro atoms. The summed E-state index contributed by atoms with van der Waals surface area (Å²) in [6, 6.07) is 9.38. The van der Waals surface area contributed by atoms with Gasteiger partial charge in [-0.15, -0.1) is 0 Å². The summed E-state index contributed by atoms with van der Waals surface area (Å²) in [5, 5.41) is 2.57. The summed E-state index contributed by atoms with van der Waals surface area (Å²) in [6.45, 7) is 2.58. The predicted octanol–water partition coefficient (Wildman–Crippen LogP) is 3.66. The molecule has 0 radical (unpaired) electrons. The molecule has 0 bridgehead atoms. The fourth-order valence-electron chi connectivity index (χ4n) is 2.57. The van der Waals surface area contributed by atoms with Crippen molar-refractivity contribution < 1.29 is 18.3 Å². The lowest BCUT2D eigenvalue weighted by Gasteiger charge is -2.30. The highest BCUT2D eigenvalue weighted by Crippen LogP contribution is 2.24. The van der Waals surface area contributed by atoms with Crippen molar-refractivity contribution in [1.82, 2.24) is 0 Å².